The molecule has 0 aromatic carbocycles. The predicted octanol–water partition coefficient (Wildman–Crippen LogP) is 1.47. The van der Waals surface area contributed by atoms with E-state index in [4.69, 9.17) is 4.74 Å². The molecule has 0 amide bonds. The molecule has 6 rings (SSSR count). The first-order valence-electron chi connectivity index (χ1n) is 5.48. The summed E-state index contributed by atoms with van der Waals surface area (Å²) in [4.78, 5) is 12.0. The molecule has 2 bridgehead atoms. The van der Waals surface area contributed by atoms with E-state index in [1.807, 2.05) is 0 Å². The normalized spacial score (nSPS) is 77.9. The molecule has 6 fully saturated rings. The second-order valence-electron chi connectivity index (χ2n) is 5.80. The Bertz CT molecular complexity index is 378. The largest absolute Gasteiger partial charge is 0.469 e. The molecule has 0 heterocycles. The van der Waals surface area contributed by atoms with Crippen LogP contribution >= 0.6 is 22.6 Å². The van der Waals surface area contributed by atoms with Gasteiger partial charge in [-0.3, -0.25) is 4.79 Å². The first kappa shape index (κ1) is 7.47. The van der Waals surface area contributed by atoms with Crippen LogP contribution in [0.4, 0.5) is 0 Å². The van der Waals surface area contributed by atoms with Crippen molar-refractivity contribution in [2.45, 2.75) is 9.84 Å². The van der Waals surface area contributed by atoms with Crippen LogP contribution in [-0.4, -0.2) is 16.5 Å². The average molecular weight is 302 g/mol. The average Bonchev–Trinajstić information content (AvgIpc) is 2.89. The summed E-state index contributed by atoms with van der Waals surface area (Å²) in [5, 5.41) is 0. The maximum Gasteiger partial charge on any atom is 0.313 e. The van der Waals surface area contributed by atoms with Crippen molar-refractivity contribution >= 4 is 28.6 Å². The highest BCUT2D eigenvalue weighted by Gasteiger charge is 3.06. The number of hydrogen-bond donors (Lipinski definition) is 0. The Kier molecular flexibility index (Phi) is 0.846. The van der Waals surface area contributed by atoms with Crippen LogP contribution in [0.15, 0.2) is 0 Å². The third-order valence-electron chi connectivity index (χ3n) is 6.12. The van der Waals surface area contributed by atoms with Gasteiger partial charge in [-0.05, 0) is 41.9 Å². The highest BCUT2D eigenvalue weighted by atomic mass is 127. The van der Waals surface area contributed by atoms with E-state index in [1.54, 1.807) is 7.11 Å². The molecule has 0 radical (unpaired) electrons. The third kappa shape index (κ3) is 0.360. The van der Waals surface area contributed by atoms with Gasteiger partial charge in [-0.25, -0.2) is 0 Å². The quantitative estimate of drug-likeness (QED) is 0.417. The summed E-state index contributed by atoms with van der Waals surface area (Å²) in [6, 6.07) is 0. The van der Waals surface area contributed by atoms with Crippen LogP contribution < -0.4 is 0 Å². The Labute approximate surface area is 95.9 Å². The van der Waals surface area contributed by atoms with Crippen LogP contribution in [0.3, 0.4) is 0 Å². The second kappa shape index (κ2) is 1.59. The van der Waals surface area contributed by atoms with E-state index in [0.29, 0.717) is 3.42 Å². The van der Waals surface area contributed by atoms with Gasteiger partial charge in [-0.1, -0.05) is 22.6 Å². The highest BCUT2D eigenvalue weighted by molar-refractivity contribution is 14.1. The zero-order valence-corrected chi connectivity index (χ0v) is 10.0. The van der Waals surface area contributed by atoms with E-state index >= 15 is 0 Å². The lowest BCUT2D eigenvalue weighted by Gasteiger charge is -2.16. The Morgan fingerprint density at radius 3 is 2.21 bits per heavy atom. The Morgan fingerprint density at radius 1 is 1.29 bits per heavy atom. The van der Waals surface area contributed by atoms with Gasteiger partial charge in [0.2, 0.25) is 0 Å². The van der Waals surface area contributed by atoms with Crippen molar-refractivity contribution in [3.8, 4) is 0 Å². The molecule has 74 valence electrons. The summed E-state index contributed by atoms with van der Waals surface area (Å²) >= 11 is 2.61. The molecule has 2 nitrogen and oxygen atoms in total. The van der Waals surface area contributed by atoms with Gasteiger partial charge in [0.25, 0.3) is 0 Å². The monoisotopic (exact) mass is 302 g/mol. The maximum atomic E-state index is 12.0. The van der Waals surface area contributed by atoms with Crippen LogP contribution in [0.1, 0.15) is 6.42 Å². The molecule has 0 aromatic heterocycles. The van der Waals surface area contributed by atoms with Crippen molar-refractivity contribution in [1.29, 1.82) is 0 Å². The molecule has 0 aliphatic heterocycles. The summed E-state index contributed by atoms with van der Waals surface area (Å²) < 4.78 is 5.43. The molecular weight excluding hydrogens is 291 g/mol. The van der Waals surface area contributed by atoms with E-state index in [-0.39, 0.29) is 11.4 Å². The molecule has 6 aliphatic carbocycles. The van der Waals surface area contributed by atoms with E-state index in [1.165, 1.54) is 6.42 Å². The van der Waals surface area contributed by atoms with Crippen LogP contribution in [0, 0.1) is 40.9 Å². The number of carbonyl (C=O) groups excluding carboxylic acids is 1. The van der Waals surface area contributed by atoms with E-state index in [2.05, 4.69) is 22.6 Å². The summed E-state index contributed by atoms with van der Waals surface area (Å²) in [6.07, 6.45) is 1.44. The first-order valence-corrected chi connectivity index (χ1v) is 6.56. The zero-order valence-electron chi connectivity index (χ0n) is 7.87. The van der Waals surface area contributed by atoms with Gasteiger partial charge in [-0.15, -0.1) is 0 Å². The summed E-state index contributed by atoms with van der Waals surface area (Å²) in [5.74, 6) is 5.24. The molecule has 0 spiro atoms. The van der Waals surface area contributed by atoms with Gasteiger partial charge in [-0.2, -0.15) is 0 Å². The molecule has 6 saturated carbocycles. The van der Waals surface area contributed by atoms with Crippen LogP contribution in [0.2, 0.25) is 0 Å². The fourth-order valence-electron chi connectivity index (χ4n) is 6.22. The standard InChI is InChI=1S/C11H11IO2/c1-14-9(13)10-5-3-2-4(6(5)10)8-7(3)11(8,10)12/h3-8H,2H2,1H3/t3-,4+,5-,6-,7+,8+,10?,11?/m0/s1. The number of alkyl halides is 1. The van der Waals surface area contributed by atoms with Crippen LogP contribution in [0.25, 0.3) is 0 Å². The van der Waals surface area contributed by atoms with E-state index in [0.717, 1.165) is 35.5 Å². The van der Waals surface area contributed by atoms with Crippen LogP contribution in [-0.2, 0) is 9.53 Å². The number of methoxy groups -OCH3 is 1. The highest BCUT2D eigenvalue weighted by Crippen LogP contribution is 3.03. The molecule has 0 N–H and O–H groups in total. The van der Waals surface area contributed by atoms with Crippen molar-refractivity contribution in [1.82, 2.24) is 0 Å². The maximum absolute atomic E-state index is 12.0. The minimum absolute atomic E-state index is 0.0191. The Morgan fingerprint density at radius 2 is 1.86 bits per heavy atom. The van der Waals surface area contributed by atoms with Gasteiger partial charge in [0.15, 0.2) is 0 Å². The molecule has 8 atom stereocenters. The number of carbonyl (C=O) groups is 1. The molecule has 2 unspecified atom stereocenters. The van der Waals surface area contributed by atoms with Crippen molar-refractivity contribution in [3.63, 3.8) is 0 Å². The molecule has 3 heteroatoms. The zero-order chi connectivity index (χ0) is 9.46. The number of esters is 1. The summed E-state index contributed by atoms with van der Waals surface area (Å²) in [5.41, 5.74) is 0.0191. The van der Waals surface area contributed by atoms with Crippen molar-refractivity contribution < 1.29 is 9.53 Å². The summed E-state index contributed by atoms with van der Waals surface area (Å²) in [6.45, 7) is 0. The van der Waals surface area contributed by atoms with Gasteiger partial charge in [0.05, 0.1) is 12.5 Å². The van der Waals surface area contributed by atoms with Gasteiger partial charge in [0.1, 0.15) is 0 Å². The molecule has 0 saturated heterocycles. The molecule has 14 heavy (non-hydrogen) atoms. The van der Waals surface area contributed by atoms with Gasteiger partial charge < -0.3 is 4.74 Å². The predicted molar refractivity (Wildman–Crippen MR) is 56.8 cm³/mol. The topological polar surface area (TPSA) is 26.3 Å². The van der Waals surface area contributed by atoms with Gasteiger partial charge in [0, 0.05) is 3.42 Å². The third-order valence-corrected chi connectivity index (χ3v) is 8.45. The second-order valence-corrected chi connectivity index (χ2v) is 7.58. The SMILES string of the molecule is COC(=O)C12[C@H]3[C@@H]4C[C@@H]([C@@H]5[C@@H]4C51I)[C@@H]32. The molecular formula is C11H11IO2. The minimum atomic E-state index is 0.0191. The van der Waals surface area contributed by atoms with Crippen LogP contribution in [0.5, 0.6) is 0 Å². The van der Waals surface area contributed by atoms with Crippen molar-refractivity contribution in [3.05, 3.63) is 0 Å². The lowest BCUT2D eigenvalue weighted by Crippen LogP contribution is -2.29. The number of ether oxygens (including phenoxy) is 1. The summed E-state index contributed by atoms with van der Waals surface area (Å²) in [7, 11) is 1.56. The molecule has 6 aliphatic rings. The molecule has 0 aromatic rings. The number of halogens is 1. The Hall–Kier alpha value is 0.200. The minimum Gasteiger partial charge on any atom is -0.469 e. The first-order chi connectivity index (χ1) is 6.70. The van der Waals surface area contributed by atoms with E-state index < -0.39 is 0 Å². The van der Waals surface area contributed by atoms with E-state index in [9.17, 15) is 4.79 Å². The lowest BCUT2D eigenvalue weighted by atomic mass is 9.98. The fourth-order valence-corrected chi connectivity index (χ4v) is 8.68. The number of rotatable bonds is 1. The number of hydrogen-bond acceptors (Lipinski definition) is 2. The van der Waals surface area contributed by atoms with Gasteiger partial charge >= 0.3 is 5.97 Å². The fraction of sp³-hybridized carbons (Fsp3) is 0.909. The Balaban J connectivity index is 1.78. The van der Waals surface area contributed by atoms with Crippen molar-refractivity contribution in [2.75, 3.05) is 7.11 Å². The van der Waals surface area contributed by atoms with Crippen molar-refractivity contribution in [2.24, 2.45) is 40.9 Å². The smallest absolute Gasteiger partial charge is 0.313 e. The lowest BCUT2D eigenvalue weighted by molar-refractivity contribution is -0.148.